The highest BCUT2D eigenvalue weighted by molar-refractivity contribution is 5.09. The van der Waals surface area contributed by atoms with Gasteiger partial charge in [-0.15, -0.1) is 0 Å². The van der Waals surface area contributed by atoms with Crippen LogP contribution in [-0.2, 0) is 0 Å². The van der Waals surface area contributed by atoms with Crippen LogP contribution in [0.25, 0.3) is 0 Å². The van der Waals surface area contributed by atoms with Crippen LogP contribution in [0, 0.1) is 6.92 Å². The fraction of sp³-hybridized carbons (Fsp3) is 0.636. The van der Waals surface area contributed by atoms with Crippen LogP contribution in [0.3, 0.4) is 0 Å². The minimum absolute atomic E-state index is 0.209. The van der Waals surface area contributed by atoms with E-state index < -0.39 is 0 Å². The van der Waals surface area contributed by atoms with Crippen molar-refractivity contribution >= 4 is 0 Å². The lowest BCUT2D eigenvalue weighted by atomic mass is 10.2. The van der Waals surface area contributed by atoms with Gasteiger partial charge in [0.15, 0.2) is 0 Å². The van der Waals surface area contributed by atoms with Crippen molar-refractivity contribution in [2.45, 2.75) is 13.1 Å². The van der Waals surface area contributed by atoms with Gasteiger partial charge in [-0.1, -0.05) is 0 Å². The first-order valence-corrected chi connectivity index (χ1v) is 5.49. The van der Waals surface area contributed by atoms with Crippen molar-refractivity contribution in [1.82, 2.24) is 15.5 Å². The SMILES string of the molecule is CNC(c1ccc(C)o1)N1CCNCC1. The van der Waals surface area contributed by atoms with Gasteiger partial charge >= 0.3 is 0 Å². The molecule has 0 amide bonds. The number of furan rings is 1. The van der Waals surface area contributed by atoms with E-state index in [-0.39, 0.29) is 6.17 Å². The van der Waals surface area contributed by atoms with Gasteiger partial charge in [0.05, 0.1) is 0 Å². The van der Waals surface area contributed by atoms with Gasteiger partial charge in [0.25, 0.3) is 0 Å². The first-order chi connectivity index (χ1) is 7.31. The van der Waals surface area contributed by atoms with E-state index in [2.05, 4.69) is 21.6 Å². The lowest BCUT2D eigenvalue weighted by molar-refractivity contribution is 0.133. The third kappa shape index (κ3) is 2.40. The molecule has 0 spiro atoms. The van der Waals surface area contributed by atoms with Gasteiger partial charge in [-0.25, -0.2) is 0 Å². The van der Waals surface area contributed by atoms with E-state index in [9.17, 15) is 0 Å². The summed E-state index contributed by atoms with van der Waals surface area (Å²) >= 11 is 0. The summed E-state index contributed by atoms with van der Waals surface area (Å²) < 4.78 is 5.67. The van der Waals surface area contributed by atoms with E-state index in [1.165, 1.54) is 0 Å². The fourth-order valence-corrected chi connectivity index (χ4v) is 2.05. The van der Waals surface area contributed by atoms with Crippen LogP contribution < -0.4 is 10.6 Å². The fourth-order valence-electron chi connectivity index (χ4n) is 2.05. The molecule has 1 fully saturated rings. The monoisotopic (exact) mass is 209 g/mol. The van der Waals surface area contributed by atoms with Gasteiger partial charge in [0, 0.05) is 26.2 Å². The lowest BCUT2D eigenvalue weighted by Gasteiger charge is -2.33. The van der Waals surface area contributed by atoms with E-state index in [4.69, 9.17) is 4.42 Å². The molecule has 0 radical (unpaired) electrons. The van der Waals surface area contributed by atoms with E-state index in [0.717, 1.165) is 37.7 Å². The van der Waals surface area contributed by atoms with Crippen molar-refractivity contribution in [1.29, 1.82) is 0 Å². The normalized spacial score (nSPS) is 20.4. The first-order valence-electron chi connectivity index (χ1n) is 5.49. The Morgan fingerprint density at radius 2 is 2.13 bits per heavy atom. The molecule has 15 heavy (non-hydrogen) atoms. The zero-order valence-corrected chi connectivity index (χ0v) is 9.42. The highest BCUT2D eigenvalue weighted by atomic mass is 16.3. The van der Waals surface area contributed by atoms with Crippen LogP contribution in [0.5, 0.6) is 0 Å². The zero-order chi connectivity index (χ0) is 10.7. The number of piperazine rings is 1. The smallest absolute Gasteiger partial charge is 0.135 e. The maximum Gasteiger partial charge on any atom is 0.135 e. The van der Waals surface area contributed by atoms with Crippen LogP contribution in [0.1, 0.15) is 17.7 Å². The number of hydrogen-bond acceptors (Lipinski definition) is 4. The maximum absolute atomic E-state index is 5.67. The highest BCUT2D eigenvalue weighted by Crippen LogP contribution is 2.20. The highest BCUT2D eigenvalue weighted by Gasteiger charge is 2.22. The number of aryl methyl sites for hydroxylation is 1. The van der Waals surface area contributed by atoms with Crippen molar-refractivity contribution in [3.63, 3.8) is 0 Å². The van der Waals surface area contributed by atoms with Crippen LogP contribution in [0.4, 0.5) is 0 Å². The van der Waals surface area contributed by atoms with E-state index in [0.29, 0.717) is 0 Å². The molecule has 2 heterocycles. The van der Waals surface area contributed by atoms with E-state index in [1.54, 1.807) is 0 Å². The van der Waals surface area contributed by atoms with Crippen LogP contribution in [-0.4, -0.2) is 38.1 Å². The number of nitrogens with one attached hydrogen (secondary N) is 2. The van der Waals surface area contributed by atoms with Gasteiger partial charge in [-0.3, -0.25) is 10.2 Å². The van der Waals surface area contributed by atoms with Gasteiger partial charge in [0.2, 0.25) is 0 Å². The minimum atomic E-state index is 0.209. The Balaban J connectivity index is 2.08. The molecule has 1 atom stereocenters. The lowest BCUT2D eigenvalue weighted by Crippen LogP contribution is -2.48. The summed E-state index contributed by atoms with van der Waals surface area (Å²) in [6.45, 7) is 6.21. The molecular formula is C11H19N3O. The molecule has 2 rings (SSSR count). The molecule has 1 aliphatic heterocycles. The second-order valence-corrected chi connectivity index (χ2v) is 3.93. The summed E-state index contributed by atoms with van der Waals surface area (Å²) in [5.41, 5.74) is 0. The second kappa shape index (κ2) is 4.79. The largest absolute Gasteiger partial charge is 0.463 e. The standard InChI is InChI=1S/C11H19N3O/c1-9-3-4-10(15-9)11(12-2)14-7-5-13-6-8-14/h3-4,11-13H,5-8H2,1-2H3. The Morgan fingerprint density at radius 1 is 1.40 bits per heavy atom. The molecule has 1 aromatic rings. The Morgan fingerprint density at radius 3 is 2.67 bits per heavy atom. The van der Waals surface area contributed by atoms with Gasteiger partial charge < -0.3 is 9.73 Å². The predicted octanol–water partition coefficient (Wildman–Crippen LogP) is 0.711. The molecule has 1 saturated heterocycles. The molecule has 2 N–H and O–H groups in total. The van der Waals surface area contributed by atoms with Crippen LogP contribution in [0.2, 0.25) is 0 Å². The Hall–Kier alpha value is -0.840. The molecular weight excluding hydrogens is 190 g/mol. The topological polar surface area (TPSA) is 40.4 Å². The average molecular weight is 209 g/mol. The molecule has 4 heteroatoms. The quantitative estimate of drug-likeness (QED) is 0.769. The van der Waals surface area contributed by atoms with Gasteiger partial charge in [-0.05, 0) is 26.1 Å². The van der Waals surface area contributed by atoms with Crippen LogP contribution in [0.15, 0.2) is 16.5 Å². The van der Waals surface area contributed by atoms with Crippen molar-refractivity contribution in [2.75, 3.05) is 33.2 Å². The summed E-state index contributed by atoms with van der Waals surface area (Å²) in [4.78, 5) is 2.40. The second-order valence-electron chi connectivity index (χ2n) is 3.93. The van der Waals surface area contributed by atoms with Crippen molar-refractivity contribution < 1.29 is 4.42 Å². The summed E-state index contributed by atoms with van der Waals surface area (Å²) in [7, 11) is 1.98. The van der Waals surface area contributed by atoms with Crippen molar-refractivity contribution in [2.24, 2.45) is 0 Å². The molecule has 0 aliphatic carbocycles. The molecule has 1 aromatic heterocycles. The van der Waals surface area contributed by atoms with Crippen molar-refractivity contribution in [3.05, 3.63) is 23.7 Å². The summed E-state index contributed by atoms with van der Waals surface area (Å²) in [5, 5.41) is 6.66. The molecule has 1 unspecified atom stereocenters. The Labute approximate surface area is 90.6 Å². The molecule has 0 aromatic carbocycles. The molecule has 1 aliphatic rings. The molecule has 0 saturated carbocycles. The van der Waals surface area contributed by atoms with Crippen LogP contribution >= 0.6 is 0 Å². The predicted molar refractivity (Wildman–Crippen MR) is 59.7 cm³/mol. The maximum atomic E-state index is 5.67. The molecule has 4 nitrogen and oxygen atoms in total. The summed E-state index contributed by atoms with van der Waals surface area (Å²) in [6, 6.07) is 4.07. The van der Waals surface area contributed by atoms with E-state index >= 15 is 0 Å². The van der Waals surface area contributed by atoms with Gasteiger partial charge in [0.1, 0.15) is 17.7 Å². The average Bonchev–Trinajstić information content (AvgIpc) is 2.68. The number of rotatable bonds is 3. The summed E-state index contributed by atoms with van der Waals surface area (Å²) in [5.74, 6) is 1.98. The number of nitrogens with zero attached hydrogens (tertiary/aromatic N) is 1. The Kier molecular flexibility index (Phi) is 3.41. The zero-order valence-electron chi connectivity index (χ0n) is 9.42. The number of hydrogen-bond donors (Lipinski definition) is 2. The Bertz CT molecular complexity index is 305. The van der Waals surface area contributed by atoms with Crippen molar-refractivity contribution in [3.8, 4) is 0 Å². The minimum Gasteiger partial charge on any atom is -0.463 e. The third-order valence-corrected chi connectivity index (χ3v) is 2.82. The molecule has 84 valence electrons. The first kappa shape index (κ1) is 10.7. The third-order valence-electron chi connectivity index (χ3n) is 2.82. The van der Waals surface area contributed by atoms with Gasteiger partial charge in [-0.2, -0.15) is 0 Å². The molecule has 0 bridgehead atoms. The van der Waals surface area contributed by atoms with E-state index in [1.807, 2.05) is 20.0 Å². The summed E-state index contributed by atoms with van der Waals surface area (Å²) in [6.07, 6.45) is 0.209.